The van der Waals surface area contributed by atoms with Crippen LogP contribution in [0.4, 0.5) is 0 Å². The van der Waals surface area contributed by atoms with Crippen molar-refractivity contribution in [3.63, 3.8) is 0 Å². The maximum absolute atomic E-state index is 12.4. The number of nitrogens with zero attached hydrogens (tertiary/aromatic N) is 2. The number of unbranched alkanes of at least 4 members (excludes halogenated alkanes) is 1. The molecule has 0 saturated heterocycles. The van der Waals surface area contributed by atoms with Crippen molar-refractivity contribution in [2.24, 2.45) is 0 Å². The Kier molecular flexibility index (Phi) is 6.37. The van der Waals surface area contributed by atoms with Gasteiger partial charge in [0.05, 0.1) is 11.0 Å². The first-order valence-electron chi connectivity index (χ1n) is 8.93. The molecule has 1 N–H and O–H groups in total. The molecule has 0 aliphatic carbocycles. The molecule has 3 rings (SSSR count). The van der Waals surface area contributed by atoms with Crippen LogP contribution >= 0.6 is 0 Å². The van der Waals surface area contributed by atoms with Crippen LogP contribution in [0.15, 0.2) is 54.7 Å². The predicted molar refractivity (Wildman–Crippen MR) is 105 cm³/mol. The number of amides is 1. The molecule has 0 atom stereocenters. The zero-order valence-electron chi connectivity index (χ0n) is 15.2. The van der Waals surface area contributed by atoms with Gasteiger partial charge in [0, 0.05) is 19.2 Å². The second kappa shape index (κ2) is 9.35. The van der Waals surface area contributed by atoms with E-state index in [0.29, 0.717) is 24.4 Å². The molecular formula is C22H21N3O2. The molecule has 27 heavy (non-hydrogen) atoms. The lowest BCUT2D eigenvalue weighted by Gasteiger charge is -2.08. The van der Waals surface area contributed by atoms with Gasteiger partial charge in [-0.3, -0.25) is 9.78 Å². The molecule has 0 bridgehead atoms. The number of carbonyl (C=O) groups excluding carboxylic acids is 1. The molecule has 0 aliphatic heterocycles. The van der Waals surface area contributed by atoms with Crippen LogP contribution in [0.25, 0.3) is 11.0 Å². The summed E-state index contributed by atoms with van der Waals surface area (Å²) < 4.78 is 5.63. The lowest BCUT2D eigenvalue weighted by molar-refractivity contribution is 0.0946. The molecule has 5 nitrogen and oxygen atoms in total. The second-order valence-electron chi connectivity index (χ2n) is 5.96. The maximum Gasteiger partial charge on any atom is 0.270 e. The number of pyridine rings is 2. The Morgan fingerprint density at radius 1 is 1.11 bits per heavy atom. The van der Waals surface area contributed by atoms with Crippen molar-refractivity contribution in [1.82, 2.24) is 15.3 Å². The first-order chi connectivity index (χ1) is 13.3. The minimum absolute atomic E-state index is 0.225. The fraction of sp³-hybridized carbons (Fsp3) is 0.227. The van der Waals surface area contributed by atoms with E-state index in [9.17, 15) is 4.79 Å². The third-order valence-electron chi connectivity index (χ3n) is 3.85. The zero-order valence-corrected chi connectivity index (χ0v) is 15.2. The number of hydrogen-bond donors (Lipinski definition) is 1. The van der Waals surface area contributed by atoms with Gasteiger partial charge >= 0.3 is 0 Å². The highest BCUT2D eigenvalue weighted by Crippen LogP contribution is 2.13. The Balaban J connectivity index is 1.58. The highest BCUT2D eigenvalue weighted by Gasteiger charge is 2.08. The van der Waals surface area contributed by atoms with E-state index in [0.717, 1.165) is 29.7 Å². The van der Waals surface area contributed by atoms with E-state index in [2.05, 4.69) is 34.0 Å². The van der Waals surface area contributed by atoms with Crippen LogP contribution in [-0.2, 0) is 6.54 Å². The minimum atomic E-state index is -0.225. The number of fused-ring (bicyclic) bond motifs is 1. The monoisotopic (exact) mass is 359 g/mol. The normalized spacial score (nSPS) is 10.1. The topological polar surface area (TPSA) is 64.1 Å². The van der Waals surface area contributed by atoms with Gasteiger partial charge in [-0.1, -0.05) is 30.9 Å². The van der Waals surface area contributed by atoms with Crippen LogP contribution in [-0.4, -0.2) is 22.5 Å². The van der Waals surface area contributed by atoms with Crippen molar-refractivity contribution in [3.05, 3.63) is 66.0 Å². The summed E-state index contributed by atoms with van der Waals surface area (Å²) in [6.45, 7) is 2.85. The number of carbonyl (C=O) groups is 1. The number of benzene rings is 1. The average molecular weight is 359 g/mol. The van der Waals surface area contributed by atoms with Crippen LogP contribution in [0.3, 0.4) is 0 Å². The number of hydrogen-bond acceptors (Lipinski definition) is 4. The molecule has 2 heterocycles. The van der Waals surface area contributed by atoms with Gasteiger partial charge in [-0.15, -0.1) is 0 Å². The Morgan fingerprint density at radius 2 is 2.04 bits per heavy atom. The second-order valence-corrected chi connectivity index (χ2v) is 5.96. The van der Waals surface area contributed by atoms with E-state index < -0.39 is 0 Å². The summed E-state index contributed by atoms with van der Waals surface area (Å²) in [4.78, 5) is 20.9. The van der Waals surface area contributed by atoms with E-state index in [1.807, 2.05) is 30.3 Å². The van der Waals surface area contributed by atoms with E-state index in [1.54, 1.807) is 24.4 Å². The number of nitrogens with one attached hydrogen (secondary N) is 1. The molecule has 0 spiro atoms. The van der Waals surface area contributed by atoms with Gasteiger partial charge in [0.25, 0.3) is 5.91 Å². The Labute approximate surface area is 158 Å². The van der Waals surface area contributed by atoms with Gasteiger partial charge in [0.15, 0.2) is 0 Å². The average Bonchev–Trinajstić information content (AvgIpc) is 2.72. The molecule has 0 fully saturated rings. The molecule has 0 aliphatic rings. The lowest BCUT2D eigenvalue weighted by atomic mass is 10.2. The summed E-state index contributed by atoms with van der Waals surface area (Å²) in [6.07, 6.45) is 3.63. The molecular weight excluding hydrogens is 338 g/mol. The lowest BCUT2D eigenvalue weighted by Crippen LogP contribution is -2.23. The maximum atomic E-state index is 12.4. The predicted octanol–water partition coefficient (Wildman–Crippen LogP) is 3.74. The first-order valence-corrected chi connectivity index (χ1v) is 8.93. The van der Waals surface area contributed by atoms with Gasteiger partial charge < -0.3 is 10.1 Å². The number of rotatable bonds is 6. The fourth-order valence-electron chi connectivity index (χ4n) is 2.49. The summed E-state index contributed by atoms with van der Waals surface area (Å²) in [7, 11) is 0. The summed E-state index contributed by atoms with van der Waals surface area (Å²) in [5.41, 5.74) is 2.78. The third-order valence-corrected chi connectivity index (χ3v) is 3.85. The molecule has 5 heteroatoms. The van der Waals surface area contributed by atoms with Gasteiger partial charge in [0.1, 0.15) is 18.1 Å². The molecule has 3 aromatic rings. The Hall–Kier alpha value is -3.39. The van der Waals surface area contributed by atoms with Gasteiger partial charge in [-0.25, -0.2) is 4.98 Å². The molecule has 2 aromatic heterocycles. The highest BCUT2D eigenvalue weighted by atomic mass is 16.5. The molecule has 136 valence electrons. The highest BCUT2D eigenvalue weighted by molar-refractivity contribution is 5.94. The SMILES string of the molecule is CCCC#CCOc1cccc(CNC(=O)c2ccc3ncccc3n2)c1. The first kappa shape index (κ1) is 18.4. The van der Waals surface area contributed by atoms with E-state index >= 15 is 0 Å². The van der Waals surface area contributed by atoms with Crippen molar-refractivity contribution in [3.8, 4) is 17.6 Å². The summed E-state index contributed by atoms with van der Waals surface area (Å²) in [6, 6.07) is 14.7. The van der Waals surface area contributed by atoms with Gasteiger partial charge in [-0.05, 0) is 48.4 Å². The summed E-state index contributed by atoms with van der Waals surface area (Å²) in [5.74, 6) is 6.55. The van der Waals surface area contributed by atoms with Crippen LogP contribution < -0.4 is 10.1 Å². The van der Waals surface area contributed by atoms with Crippen molar-refractivity contribution in [2.45, 2.75) is 26.3 Å². The number of aromatic nitrogens is 2. The zero-order chi connectivity index (χ0) is 18.9. The van der Waals surface area contributed by atoms with Crippen molar-refractivity contribution < 1.29 is 9.53 Å². The van der Waals surface area contributed by atoms with Crippen molar-refractivity contribution >= 4 is 16.9 Å². The molecule has 0 saturated carbocycles. The van der Waals surface area contributed by atoms with Crippen LogP contribution in [0.5, 0.6) is 5.75 Å². The van der Waals surface area contributed by atoms with E-state index in [4.69, 9.17) is 4.74 Å². The molecule has 0 radical (unpaired) electrons. The smallest absolute Gasteiger partial charge is 0.270 e. The standard InChI is InChI=1S/C22H21N3O2/c1-2-3-4-5-14-27-18-9-6-8-17(15-18)16-24-22(26)21-12-11-19-20(25-21)10-7-13-23-19/h6-13,15H,2-3,14,16H2,1H3,(H,24,26). The van der Waals surface area contributed by atoms with Gasteiger partial charge in [0.2, 0.25) is 0 Å². The quantitative estimate of drug-likeness (QED) is 0.681. The summed E-state index contributed by atoms with van der Waals surface area (Å²) in [5, 5.41) is 2.89. The minimum Gasteiger partial charge on any atom is -0.481 e. The largest absolute Gasteiger partial charge is 0.481 e. The molecule has 0 unspecified atom stereocenters. The molecule has 1 aromatic carbocycles. The molecule has 1 amide bonds. The van der Waals surface area contributed by atoms with Gasteiger partial charge in [-0.2, -0.15) is 0 Å². The Morgan fingerprint density at radius 3 is 2.93 bits per heavy atom. The van der Waals surface area contributed by atoms with Crippen molar-refractivity contribution in [1.29, 1.82) is 0 Å². The van der Waals surface area contributed by atoms with E-state index in [-0.39, 0.29) is 5.91 Å². The fourth-order valence-corrected chi connectivity index (χ4v) is 2.49. The summed E-state index contributed by atoms with van der Waals surface area (Å²) >= 11 is 0. The third kappa shape index (κ3) is 5.29. The van der Waals surface area contributed by atoms with Crippen molar-refractivity contribution in [2.75, 3.05) is 6.61 Å². The van der Waals surface area contributed by atoms with Crippen LogP contribution in [0.2, 0.25) is 0 Å². The number of ether oxygens (including phenoxy) is 1. The van der Waals surface area contributed by atoms with E-state index in [1.165, 1.54) is 0 Å². The Bertz CT molecular complexity index is 989. The van der Waals surface area contributed by atoms with Crippen LogP contribution in [0, 0.1) is 11.8 Å². The van der Waals surface area contributed by atoms with Crippen LogP contribution in [0.1, 0.15) is 35.8 Å².